The zero-order valence-corrected chi connectivity index (χ0v) is 13.7. The van der Waals surface area contributed by atoms with Gasteiger partial charge in [0.2, 0.25) is 5.91 Å². The highest BCUT2D eigenvalue weighted by Gasteiger charge is 2.48. The van der Waals surface area contributed by atoms with Crippen molar-refractivity contribution in [2.45, 2.75) is 13.0 Å². The van der Waals surface area contributed by atoms with Crippen LogP contribution in [0.3, 0.4) is 0 Å². The van der Waals surface area contributed by atoms with E-state index in [0.717, 1.165) is 11.3 Å². The zero-order valence-electron chi connectivity index (χ0n) is 13.7. The van der Waals surface area contributed by atoms with Gasteiger partial charge >= 0.3 is 5.97 Å². The fourth-order valence-electron chi connectivity index (χ4n) is 2.82. The highest BCUT2D eigenvalue weighted by molar-refractivity contribution is 6.02. The summed E-state index contributed by atoms with van der Waals surface area (Å²) in [6.45, 7) is 0.975. The van der Waals surface area contributed by atoms with Gasteiger partial charge in [0, 0.05) is 13.1 Å². The van der Waals surface area contributed by atoms with Crippen LogP contribution in [0.5, 0.6) is 11.5 Å². The first kappa shape index (κ1) is 17.0. The van der Waals surface area contributed by atoms with Gasteiger partial charge in [0.1, 0.15) is 11.5 Å². The second kappa shape index (κ2) is 7.36. The fourth-order valence-corrected chi connectivity index (χ4v) is 2.82. The van der Waals surface area contributed by atoms with Crippen molar-refractivity contribution in [2.24, 2.45) is 5.41 Å². The number of para-hydroxylation sites is 1. The number of carbonyl (C=O) groups excluding carboxylic acids is 1. The van der Waals surface area contributed by atoms with Gasteiger partial charge < -0.3 is 20.5 Å². The van der Waals surface area contributed by atoms with E-state index in [2.05, 4.69) is 10.6 Å². The van der Waals surface area contributed by atoms with Crippen LogP contribution in [0.15, 0.2) is 54.6 Å². The predicted octanol–water partition coefficient (Wildman–Crippen LogP) is 2.16. The summed E-state index contributed by atoms with van der Waals surface area (Å²) in [6, 6.07) is 16.8. The number of aliphatic carboxylic acids is 1. The van der Waals surface area contributed by atoms with E-state index in [-0.39, 0.29) is 13.1 Å². The minimum absolute atomic E-state index is 0.165. The predicted molar refractivity (Wildman–Crippen MR) is 92.4 cm³/mol. The van der Waals surface area contributed by atoms with Gasteiger partial charge in [-0.05, 0) is 42.8 Å². The third-order valence-corrected chi connectivity index (χ3v) is 4.35. The molecule has 0 bridgehead atoms. The third-order valence-electron chi connectivity index (χ3n) is 4.35. The first-order valence-electron chi connectivity index (χ1n) is 8.14. The summed E-state index contributed by atoms with van der Waals surface area (Å²) in [7, 11) is 0. The summed E-state index contributed by atoms with van der Waals surface area (Å²) < 4.78 is 5.71. The highest BCUT2D eigenvalue weighted by Crippen LogP contribution is 2.26. The molecule has 0 aliphatic carbocycles. The van der Waals surface area contributed by atoms with Crippen molar-refractivity contribution in [1.29, 1.82) is 0 Å². The molecule has 25 heavy (non-hydrogen) atoms. The molecule has 1 aliphatic heterocycles. The number of benzene rings is 2. The van der Waals surface area contributed by atoms with Crippen LogP contribution < -0.4 is 15.4 Å². The number of carboxylic acid groups (broad SMARTS) is 1. The number of amides is 1. The second-order valence-electron chi connectivity index (χ2n) is 6.06. The maximum absolute atomic E-state index is 12.3. The van der Waals surface area contributed by atoms with E-state index in [9.17, 15) is 14.7 Å². The van der Waals surface area contributed by atoms with Gasteiger partial charge in [-0.1, -0.05) is 30.3 Å². The SMILES string of the molecule is O=C(O)C1(C(=O)NCc2ccc(Oc3ccccc3)cc2)CCNC1. The Balaban J connectivity index is 1.58. The molecular formula is C19H20N2O4. The van der Waals surface area contributed by atoms with Crippen LogP contribution in [0, 0.1) is 5.41 Å². The first-order valence-corrected chi connectivity index (χ1v) is 8.14. The molecule has 1 fully saturated rings. The van der Waals surface area contributed by atoms with Gasteiger partial charge in [-0.3, -0.25) is 9.59 Å². The molecule has 1 heterocycles. The molecule has 1 atom stereocenters. The van der Waals surface area contributed by atoms with Crippen LogP contribution in [0.2, 0.25) is 0 Å². The first-order chi connectivity index (χ1) is 12.1. The van der Waals surface area contributed by atoms with Crippen molar-refractivity contribution < 1.29 is 19.4 Å². The highest BCUT2D eigenvalue weighted by atomic mass is 16.5. The van der Waals surface area contributed by atoms with E-state index in [1.54, 1.807) is 0 Å². The number of rotatable bonds is 6. The molecule has 2 aromatic rings. The number of hydrogen-bond donors (Lipinski definition) is 3. The topological polar surface area (TPSA) is 87.7 Å². The lowest BCUT2D eigenvalue weighted by Gasteiger charge is -2.21. The number of hydrogen-bond acceptors (Lipinski definition) is 4. The van der Waals surface area contributed by atoms with Crippen molar-refractivity contribution in [2.75, 3.05) is 13.1 Å². The van der Waals surface area contributed by atoms with Gasteiger partial charge in [-0.2, -0.15) is 0 Å². The van der Waals surface area contributed by atoms with Gasteiger partial charge in [0.05, 0.1) is 0 Å². The molecule has 0 saturated carbocycles. The number of nitrogens with one attached hydrogen (secondary N) is 2. The van der Waals surface area contributed by atoms with E-state index in [0.29, 0.717) is 18.7 Å². The Labute approximate surface area is 145 Å². The molecule has 6 nitrogen and oxygen atoms in total. The van der Waals surface area contributed by atoms with Crippen LogP contribution >= 0.6 is 0 Å². The Kier molecular flexibility index (Phi) is 5.00. The van der Waals surface area contributed by atoms with Crippen molar-refractivity contribution in [3.63, 3.8) is 0 Å². The summed E-state index contributed by atoms with van der Waals surface area (Å²) in [6.07, 6.45) is 0.304. The van der Waals surface area contributed by atoms with E-state index in [4.69, 9.17) is 4.74 Å². The summed E-state index contributed by atoms with van der Waals surface area (Å²) >= 11 is 0. The van der Waals surface area contributed by atoms with Crippen molar-refractivity contribution in [3.8, 4) is 11.5 Å². The van der Waals surface area contributed by atoms with Crippen LogP contribution in [0.1, 0.15) is 12.0 Å². The largest absolute Gasteiger partial charge is 0.480 e. The Morgan fingerprint density at radius 3 is 2.36 bits per heavy atom. The molecule has 6 heteroatoms. The van der Waals surface area contributed by atoms with Crippen LogP contribution in [-0.4, -0.2) is 30.1 Å². The maximum atomic E-state index is 12.3. The molecule has 2 aromatic carbocycles. The smallest absolute Gasteiger partial charge is 0.320 e. The van der Waals surface area contributed by atoms with E-state index >= 15 is 0 Å². The average molecular weight is 340 g/mol. The van der Waals surface area contributed by atoms with E-state index in [1.807, 2.05) is 54.6 Å². The minimum atomic E-state index is -1.36. The molecule has 130 valence electrons. The maximum Gasteiger partial charge on any atom is 0.320 e. The lowest BCUT2D eigenvalue weighted by molar-refractivity contribution is -0.154. The van der Waals surface area contributed by atoms with Crippen LogP contribution in [0.4, 0.5) is 0 Å². The zero-order chi connectivity index (χ0) is 17.7. The summed E-state index contributed by atoms with van der Waals surface area (Å²) in [5, 5.41) is 15.1. The van der Waals surface area contributed by atoms with Gasteiger partial charge in [-0.25, -0.2) is 0 Å². The molecule has 3 N–H and O–H groups in total. The number of carbonyl (C=O) groups is 2. The van der Waals surface area contributed by atoms with Gasteiger partial charge in [0.15, 0.2) is 5.41 Å². The molecule has 0 aromatic heterocycles. The molecule has 0 radical (unpaired) electrons. The Morgan fingerprint density at radius 2 is 1.76 bits per heavy atom. The molecule has 1 unspecified atom stereocenters. The minimum Gasteiger partial charge on any atom is -0.480 e. The Morgan fingerprint density at radius 1 is 1.08 bits per heavy atom. The lowest BCUT2D eigenvalue weighted by atomic mass is 9.86. The Hall–Kier alpha value is -2.86. The van der Waals surface area contributed by atoms with Crippen molar-refractivity contribution in [3.05, 3.63) is 60.2 Å². The quantitative estimate of drug-likeness (QED) is 0.702. The normalized spacial score (nSPS) is 19.4. The molecule has 1 saturated heterocycles. The fraction of sp³-hybridized carbons (Fsp3) is 0.263. The van der Waals surface area contributed by atoms with E-state index in [1.165, 1.54) is 0 Å². The second-order valence-corrected chi connectivity index (χ2v) is 6.06. The van der Waals surface area contributed by atoms with Crippen LogP contribution in [0.25, 0.3) is 0 Å². The Bertz CT molecular complexity index is 738. The van der Waals surface area contributed by atoms with Crippen molar-refractivity contribution in [1.82, 2.24) is 10.6 Å². The molecule has 3 rings (SSSR count). The molecule has 1 amide bonds. The number of ether oxygens (including phenoxy) is 1. The molecular weight excluding hydrogens is 320 g/mol. The number of carboxylic acids is 1. The summed E-state index contributed by atoms with van der Waals surface area (Å²) in [4.78, 5) is 23.8. The summed E-state index contributed by atoms with van der Waals surface area (Å²) in [5.41, 5.74) is -0.489. The molecule has 0 spiro atoms. The average Bonchev–Trinajstić information content (AvgIpc) is 3.13. The lowest BCUT2D eigenvalue weighted by Crippen LogP contribution is -2.47. The summed E-state index contributed by atoms with van der Waals surface area (Å²) in [5.74, 6) is -0.0832. The van der Waals surface area contributed by atoms with E-state index < -0.39 is 17.3 Å². The standard InChI is InChI=1S/C19H20N2O4/c22-17(19(18(23)24)10-11-20-13-19)21-12-14-6-8-16(9-7-14)25-15-4-2-1-3-5-15/h1-9,20H,10-13H2,(H,21,22)(H,23,24). The molecule has 1 aliphatic rings. The third kappa shape index (κ3) is 3.80. The van der Waals surface area contributed by atoms with Gasteiger partial charge in [0.25, 0.3) is 0 Å². The monoisotopic (exact) mass is 340 g/mol. The van der Waals surface area contributed by atoms with Crippen LogP contribution in [-0.2, 0) is 16.1 Å². The van der Waals surface area contributed by atoms with Gasteiger partial charge in [-0.15, -0.1) is 0 Å². The van der Waals surface area contributed by atoms with Crippen molar-refractivity contribution >= 4 is 11.9 Å².